The Labute approximate surface area is 212 Å². The van der Waals surface area contributed by atoms with Gasteiger partial charge in [0, 0.05) is 37.1 Å². The Morgan fingerprint density at radius 3 is 2.67 bits per heavy atom. The van der Waals surface area contributed by atoms with Crippen LogP contribution in [0.3, 0.4) is 0 Å². The zero-order chi connectivity index (χ0) is 25.3. The smallest absolute Gasteiger partial charge is 0.245 e. The molecule has 4 rings (SSSR count). The van der Waals surface area contributed by atoms with Crippen molar-refractivity contribution in [2.75, 3.05) is 47.1 Å². The lowest BCUT2D eigenvalue weighted by Gasteiger charge is -2.29. The molecular weight excluding hydrogens is 460 g/mol. The molecule has 2 heterocycles. The largest absolute Gasteiger partial charge is 0.493 e. The Hall–Kier alpha value is -2.97. The molecule has 1 aliphatic carbocycles. The van der Waals surface area contributed by atoms with Gasteiger partial charge in [0.15, 0.2) is 17.3 Å². The van der Waals surface area contributed by atoms with Crippen molar-refractivity contribution in [3.63, 3.8) is 0 Å². The van der Waals surface area contributed by atoms with Crippen LogP contribution in [0.25, 0.3) is 0 Å². The molecule has 3 aliphatic rings. The first-order chi connectivity index (χ1) is 17.6. The molecule has 0 bridgehead atoms. The second-order valence-corrected chi connectivity index (χ2v) is 9.35. The average Bonchev–Trinajstić information content (AvgIpc) is 3.41. The van der Waals surface area contributed by atoms with E-state index in [2.05, 4.69) is 16.0 Å². The predicted molar refractivity (Wildman–Crippen MR) is 137 cm³/mol. The zero-order valence-corrected chi connectivity index (χ0v) is 21.3. The van der Waals surface area contributed by atoms with Crippen LogP contribution in [0.2, 0.25) is 0 Å². The molecule has 194 valence electrons. The van der Waals surface area contributed by atoms with Crippen LogP contribution in [-0.2, 0) is 14.3 Å². The lowest BCUT2D eigenvalue weighted by molar-refractivity contribution is -0.117. The number of methoxy groups -OCH3 is 2. The number of nitrogens with zero attached hydrogens (tertiary/aromatic N) is 2. The maximum Gasteiger partial charge on any atom is 0.245 e. The molecule has 2 aliphatic heterocycles. The Bertz CT molecular complexity index is 1040. The first-order valence-electron chi connectivity index (χ1n) is 12.8. The van der Waals surface area contributed by atoms with Crippen LogP contribution >= 0.6 is 0 Å². The summed E-state index contributed by atoms with van der Waals surface area (Å²) >= 11 is 0. The summed E-state index contributed by atoms with van der Waals surface area (Å²) in [7, 11) is 3.09. The number of carbonyl (C=O) groups excluding carboxylic acids is 2. The molecule has 2 saturated heterocycles. The fraction of sp³-hybridized carbons (Fsp3) is 0.536. The number of likely N-dealkylation sites (tertiary alicyclic amines) is 1. The summed E-state index contributed by atoms with van der Waals surface area (Å²) in [6, 6.07) is 5.11. The van der Waals surface area contributed by atoms with Gasteiger partial charge in [0.2, 0.25) is 5.91 Å². The van der Waals surface area contributed by atoms with Crippen LogP contribution in [0.5, 0.6) is 11.5 Å². The third-order valence-corrected chi connectivity index (χ3v) is 6.71. The van der Waals surface area contributed by atoms with Gasteiger partial charge in [0.25, 0.3) is 0 Å². The minimum absolute atomic E-state index is 0.00584. The van der Waals surface area contributed by atoms with E-state index in [1.54, 1.807) is 25.3 Å². The first kappa shape index (κ1) is 26.1. The van der Waals surface area contributed by atoms with Crippen LogP contribution in [0.1, 0.15) is 55.3 Å². The molecule has 1 aromatic carbocycles. The van der Waals surface area contributed by atoms with Crippen LogP contribution in [0, 0.1) is 0 Å². The van der Waals surface area contributed by atoms with Gasteiger partial charge in [-0.05, 0) is 68.6 Å². The Morgan fingerprint density at radius 2 is 1.89 bits per heavy atom. The van der Waals surface area contributed by atoms with Crippen LogP contribution in [-0.4, -0.2) is 75.5 Å². The summed E-state index contributed by atoms with van der Waals surface area (Å²) in [5.74, 6) is 1.75. The number of allylic oxidation sites excluding steroid dienone is 2. The van der Waals surface area contributed by atoms with E-state index in [-0.39, 0.29) is 30.6 Å². The van der Waals surface area contributed by atoms with E-state index in [4.69, 9.17) is 18.9 Å². The number of ether oxygens (including phenoxy) is 4. The highest BCUT2D eigenvalue weighted by atomic mass is 16.6. The standard InChI is InChI=1S/C28H36N2O6/c1-33-24-11-9-21(18-26(24)34-2)23(31)6-5-7-28(32)29-22(19-30-12-3-4-13-30)16-20-8-10-25-27(17-20)36-15-14-35-25/h8-9,11,17-18,25H,3-7,10,12-16,19H2,1-2H3/t25-/m0/s1. The van der Waals surface area contributed by atoms with E-state index < -0.39 is 0 Å². The summed E-state index contributed by atoms with van der Waals surface area (Å²) in [6.45, 7) is 3.96. The second-order valence-electron chi connectivity index (χ2n) is 9.35. The number of hydrogen-bond donors (Lipinski definition) is 0. The van der Waals surface area contributed by atoms with E-state index >= 15 is 0 Å². The highest BCUT2D eigenvalue weighted by Crippen LogP contribution is 2.29. The minimum Gasteiger partial charge on any atom is -0.493 e. The molecule has 2 fully saturated rings. The number of amides is 1. The number of benzene rings is 1. The summed E-state index contributed by atoms with van der Waals surface area (Å²) in [6.07, 6.45) is 8.93. The molecule has 0 radical (unpaired) electrons. The summed E-state index contributed by atoms with van der Waals surface area (Å²) in [5, 5.41) is 0. The van der Waals surface area contributed by atoms with Gasteiger partial charge in [-0.15, -0.1) is 0 Å². The van der Waals surface area contributed by atoms with Crippen molar-refractivity contribution in [1.82, 2.24) is 4.90 Å². The van der Waals surface area contributed by atoms with E-state index in [9.17, 15) is 9.59 Å². The van der Waals surface area contributed by atoms with Crippen LogP contribution in [0.15, 0.2) is 46.7 Å². The summed E-state index contributed by atoms with van der Waals surface area (Å²) in [5.41, 5.74) is 2.52. The molecule has 0 aromatic heterocycles. The lowest BCUT2D eigenvalue weighted by Crippen LogP contribution is -2.30. The van der Waals surface area contributed by atoms with Gasteiger partial charge in [-0.2, -0.15) is 0 Å². The quantitative estimate of drug-likeness (QED) is 0.336. The fourth-order valence-electron chi connectivity index (χ4n) is 4.82. The zero-order valence-electron chi connectivity index (χ0n) is 21.3. The van der Waals surface area contributed by atoms with Gasteiger partial charge in [-0.25, -0.2) is 4.99 Å². The molecule has 8 heteroatoms. The van der Waals surface area contributed by atoms with Gasteiger partial charge in [-0.3, -0.25) is 14.5 Å². The maximum atomic E-state index is 12.8. The normalized spacial score (nSPS) is 20.2. The first-order valence-corrected chi connectivity index (χ1v) is 12.8. The van der Waals surface area contributed by atoms with Crippen LogP contribution < -0.4 is 9.47 Å². The van der Waals surface area contributed by atoms with E-state index in [0.717, 1.165) is 36.6 Å². The van der Waals surface area contributed by atoms with Gasteiger partial charge < -0.3 is 18.9 Å². The van der Waals surface area contributed by atoms with Crippen molar-refractivity contribution in [1.29, 1.82) is 0 Å². The fourth-order valence-corrected chi connectivity index (χ4v) is 4.82. The molecule has 36 heavy (non-hydrogen) atoms. The summed E-state index contributed by atoms with van der Waals surface area (Å²) in [4.78, 5) is 32.3. The molecule has 0 N–H and O–H groups in total. The highest BCUT2D eigenvalue weighted by Gasteiger charge is 2.25. The lowest BCUT2D eigenvalue weighted by atomic mass is 9.98. The number of rotatable bonds is 11. The Morgan fingerprint density at radius 1 is 1.08 bits per heavy atom. The summed E-state index contributed by atoms with van der Waals surface area (Å²) < 4.78 is 22.0. The second kappa shape index (κ2) is 12.8. The van der Waals surface area contributed by atoms with Gasteiger partial charge >= 0.3 is 0 Å². The third-order valence-electron chi connectivity index (χ3n) is 6.71. The van der Waals surface area contributed by atoms with Gasteiger partial charge in [0.1, 0.15) is 18.5 Å². The Kier molecular flexibility index (Phi) is 9.30. The van der Waals surface area contributed by atoms with E-state index in [0.29, 0.717) is 49.7 Å². The van der Waals surface area contributed by atoms with Crippen molar-refractivity contribution in [2.24, 2.45) is 4.99 Å². The minimum atomic E-state index is -0.177. The molecule has 0 saturated carbocycles. The van der Waals surface area contributed by atoms with Gasteiger partial charge in [-0.1, -0.05) is 6.08 Å². The van der Waals surface area contributed by atoms with Crippen molar-refractivity contribution in [3.05, 3.63) is 47.2 Å². The predicted octanol–water partition coefficient (Wildman–Crippen LogP) is 4.14. The molecule has 1 aromatic rings. The van der Waals surface area contributed by atoms with E-state index in [1.165, 1.54) is 20.0 Å². The third kappa shape index (κ3) is 7.04. The number of fused-ring (bicyclic) bond motifs is 1. The SMILES string of the molecule is COc1ccc(C(=O)CCCC(=O)N=C(CC2=CC[C@@H]3OCCOC3=C2)CN2CCCC2)cc1OC. The number of carbonyl (C=O) groups is 2. The average molecular weight is 497 g/mol. The number of ketones is 1. The maximum absolute atomic E-state index is 12.8. The molecule has 1 atom stereocenters. The number of hydrogen-bond acceptors (Lipinski definition) is 7. The van der Waals surface area contributed by atoms with Crippen LogP contribution in [0.4, 0.5) is 0 Å². The highest BCUT2D eigenvalue weighted by molar-refractivity contribution is 5.99. The molecule has 0 unspecified atom stereocenters. The van der Waals surface area contributed by atoms with Crippen molar-refractivity contribution < 1.29 is 28.5 Å². The number of aliphatic imine (C=N–C) groups is 1. The molecular formula is C28H36N2O6. The van der Waals surface area contributed by atoms with E-state index in [1.807, 2.05) is 6.08 Å². The van der Waals surface area contributed by atoms with Gasteiger partial charge in [0.05, 0.1) is 20.8 Å². The Balaban J connectivity index is 1.34. The molecule has 0 spiro atoms. The monoisotopic (exact) mass is 496 g/mol. The van der Waals surface area contributed by atoms with Crippen molar-refractivity contribution in [3.8, 4) is 11.5 Å². The molecule has 1 amide bonds. The number of Topliss-reactive ketones (excluding diaryl/α,β-unsaturated/α-hetero) is 1. The van der Waals surface area contributed by atoms with Crippen molar-refractivity contribution >= 4 is 17.4 Å². The molecule has 8 nitrogen and oxygen atoms in total. The topological polar surface area (TPSA) is 86.7 Å². The van der Waals surface area contributed by atoms with Crippen molar-refractivity contribution in [2.45, 2.75) is 51.0 Å².